The van der Waals surface area contributed by atoms with E-state index in [9.17, 15) is 9.59 Å². The maximum atomic E-state index is 12.8. The van der Waals surface area contributed by atoms with Crippen molar-refractivity contribution in [1.29, 1.82) is 0 Å². The van der Waals surface area contributed by atoms with E-state index in [1.807, 2.05) is 42.5 Å². The zero-order valence-corrected chi connectivity index (χ0v) is 17.5. The minimum absolute atomic E-state index is 0.0382. The molecule has 1 saturated heterocycles. The summed E-state index contributed by atoms with van der Waals surface area (Å²) in [5.41, 5.74) is 2.15. The van der Waals surface area contributed by atoms with Gasteiger partial charge in [-0.05, 0) is 36.4 Å². The Morgan fingerprint density at radius 1 is 1.03 bits per heavy atom. The molecule has 2 amide bonds. The molecule has 7 nitrogen and oxygen atoms in total. The Morgan fingerprint density at radius 2 is 1.77 bits per heavy atom. The number of aromatic nitrogens is 2. The summed E-state index contributed by atoms with van der Waals surface area (Å²) in [7, 11) is 1.63. The molecule has 2 aromatic heterocycles. The van der Waals surface area contributed by atoms with Gasteiger partial charge in [0.1, 0.15) is 16.5 Å². The third-order valence-corrected chi connectivity index (χ3v) is 5.93. The van der Waals surface area contributed by atoms with Gasteiger partial charge in [-0.1, -0.05) is 6.07 Å². The molecule has 8 heteroatoms. The summed E-state index contributed by atoms with van der Waals surface area (Å²) in [4.78, 5) is 37.6. The number of thiazole rings is 1. The lowest BCUT2D eigenvalue weighted by Gasteiger charge is -2.34. The lowest BCUT2D eigenvalue weighted by molar-refractivity contribution is -0.132. The van der Waals surface area contributed by atoms with Crippen LogP contribution in [0.25, 0.3) is 10.6 Å². The number of carbonyl (C=O) groups is 2. The lowest BCUT2D eigenvalue weighted by Crippen LogP contribution is -2.51. The van der Waals surface area contributed by atoms with Crippen LogP contribution in [0.5, 0.6) is 5.75 Å². The van der Waals surface area contributed by atoms with Gasteiger partial charge in [-0.3, -0.25) is 14.6 Å². The van der Waals surface area contributed by atoms with Crippen molar-refractivity contribution in [3.8, 4) is 16.3 Å². The summed E-state index contributed by atoms with van der Waals surface area (Å²) in [6.45, 7) is 2.05. The topological polar surface area (TPSA) is 75.6 Å². The number of amides is 2. The normalized spacial score (nSPS) is 13.9. The molecule has 1 fully saturated rings. The summed E-state index contributed by atoms with van der Waals surface area (Å²) in [5, 5.41) is 2.59. The quantitative estimate of drug-likeness (QED) is 0.632. The molecule has 0 bridgehead atoms. The number of hydrogen-bond acceptors (Lipinski definition) is 6. The van der Waals surface area contributed by atoms with Crippen molar-refractivity contribution < 1.29 is 14.3 Å². The predicted molar refractivity (Wildman–Crippen MR) is 115 cm³/mol. The van der Waals surface area contributed by atoms with Crippen LogP contribution in [0.4, 0.5) is 0 Å². The molecule has 0 radical (unpaired) electrons. The Morgan fingerprint density at radius 3 is 2.43 bits per heavy atom. The summed E-state index contributed by atoms with van der Waals surface area (Å²) in [5.74, 6) is 0.723. The molecule has 0 atom stereocenters. The number of benzene rings is 1. The summed E-state index contributed by atoms with van der Waals surface area (Å²) in [6.07, 6.45) is 1.97. The van der Waals surface area contributed by atoms with Crippen LogP contribution in [0, 0.1) is 0 Å². The highest BCUT2D eigenvalue weighted by Gasteiger charge is 2.26. The van der Waals surface area contributed by atoms with Gasteiger partial charge in [0, 0.05) is 49.0 Å². The largest absolute Gasteiger partial charge is 0.497 e. The Bertz CT molecular complexity index is 1010. The summed E-state index contributed by atoms with van der Waals surface area (Å²) >= 11 is 1.44. The van der Waals surface area contributed by atoms with Crippen LogP contribution in [0.3, 0.4) is 0 Å². The van der Waals surface area contributed by atoms with Crippen molar-refractivity contribution in [2.75, 3.05) is 33.3 Å². The molecule has 0 unspecified atom stereocenters. The first-order chi connectivity index (χ1) is 14.6. The predicted octanol–water partition coefficient (Wildman–Crippen LogP) is 2.74. The molecular weight excluding hydrogens is 400 g/mol. The second-order valence-electron chi connectivity index (χ2n) is 6.94. The maximum absolute atomic E-state index is 12.8. The second kappa shape index (κ2) is 9.04. The van der Waals surface area contributed by atoms with E-state index in [-0.39, 0.29) is 18.2 Å². The zero-order valence-electron chi connectivity index (χ0n) is 16.7. The van der Waals surface area contributed by atoms with Crippen LogP contribution in [-0.2, 0) is 11.2 Å². The SMILES string of the molecule is COc1ccc(-c2nc(C(=O)N3CCN(C(=O)Cc4ccccn4)CC3)cs2)cc1. The van der Waals surface area contributed by atoms with Crippen molar-refractivity contribution in [3.05, 3.63) is 65.4 Å². The Labute approximate surface area is 178 Å². The zero-order chi connectivity index (χ0) is 20.9. The first-order valence-electron chi connectivity index (χ1n) is 9.71. The van der Waals surface area contributed by atoms with Crippen molar-refractivity contribution >= 4 is 23.2 Å². The standard InChI is InChI=1S/C22H22N4O3S/c1-29-18-7-5-16(6-8-18)21-24-19(15-30-21)22(28)26-12-10-25(11-13-26)20(27)14-17-4-2-3-9-23-17/h2-9,15H,10-14H2,1H3. The van der Waals surface area contributed by atoms with Crippen molar-refractivity contribution in [2.45, 2.75) is 6.42 Å². The van der Waals surface area contributed by atoms with Gasteiger partial charge < -0.3 is 14.5 Å². The van der Waals surface area contributed by atoms with E-state index in [4.69, 9.17) is 4.74 Å². The maximum Gasteiger partial charge on any atom is 0.273 e. The first-order valence-corrected chi connectivity index (χ1v) is 10.6. The molecule has 3 aromatic rings. The van der Waals surface area contributed by atoms with Crippen molar-refractivity contribution in [3.63, 3.8) is 0 Å². The van der Waals surface area contributed by atoms with Crippen LogP contribution in [0.2, 0.25) is 0 Å². The van der Waals surface area contributed by atoms with Crippen molar-refractivity contribution in [1.82, 2.24) is 19.8 Å². The highest BCUT2D eigenvalue weighted by Crippen LogP contribution is 2.26. The third-order valence-electron chi connectivity index (χ3n) is 5.04. The molecule has 1 aliphatic heterocycles. The molecule has 154 valence electrons. The molecule has 0 N–H and O–H groups in total. The fraction of sp³-hybridized carbons (Fsp3) is 0.273. The fourth-order valence-electron chi connectivity index (χ4n) is 3.33. The minimum Gasteiger partial charge on any atom is -0.497 e. The Hall–Kier alpha value is -3.26. The van der Waals surface area contributed by atoms with E-state index in [1.54, 1.807) is 28.5 Å². The van der Waals surface area contributed by atoms with Gasteiger partial charge in [-0.25, -0.2) is 4.98 Å². The Kier molecular flexibility index (Phi) is 6.04. The van der Waals surface area contributed by atoms with Gasteiger partial charge >= 0.3 is 0 Å². The molecule has 0 aliphatic carbocycles. The van der Waals surface area contributed by atoms with Gasteiger partial charge in [0.15, 0.2) is 0 Å². The van der Waals surface area contributed by atoms with E-state index in [0.29, 0.717) is 31.9 Å². The number of ether oxygens (including phenoxy) is 1. The van der Waals surface area contributed by atoms with Crippen LogP contribution in [-0.4, -0.2) is 64.9 Å². The highest BCUT2D eigenvalue weighted by molar-refractivity contribution is 7.13. The molecule has 3 heterocycles. The van der Waals surface area contributed by atoms with Crippen LogP contribution in [0.1, 0.15) is 16.2 Å². The molecular formula is C22H22N4O3S. The van der Waals surface area contributed by atoms with E-state index >= 15 is 0 Å². The number of hydrogen-bond donors (Lipinski definition) is 0. The summed E-state index contributed by atoms with van der Waals surface area (Å²) < 4.78 is 5.18. The number of nitrogens with zero attached hydrogens (tertiary/aromatic N) is 4. The van der Waals surface area contributed by atoms with Crippen LogP contribution in [0.15, 0.2) is 54.0 Å². The van der Waals surface area contributed by atoms with Crippen molar-refractivity contribution in [2.24, 2.45) is 0 Å². The number of methoxy groups -OCH3 is 1. The number of rotatable bonds is 5. The van der Waals surface area contributed by atoms with Gasteiger partial charge in [-0.15, -0.1) is 11.3 Å². The van der Waals surface area contributed by atoms with Gasteiger partial charge in [-0.2, -0.15) is 0 Å². The molecule has 30 heavy (non-hydrogen) atoms. The molecule has 1 aromatic carbocycles. The summed E-state index contributed by atoms with van der Waals surface area (Å²) in [6, 6.07) is 13.2. The Balaban J connectivity index is 1.34. The number of piperazine rings is 1. The van der Waals surface area contributed by atoms with E-state index < -0.39 is 0 Å². The average Bonchev–Trinajstić information content (AvgIpc) is 3.30. The van der Waals surface area contributed by atoms with Gasteiger partial charge in [0.25, 0.3) is 5.91 Å². The van der Waals surface area contributed by atoms with E-state index in [1.165, 1.54) is 11.3 Å². The van der Waals surface area contributed by atoms with E-state index in [0.717, 1.165) is 22.0 Å². The van der Waals surface area contributed by atoms with Gasteiger partial charge in [0.05, 0.1) is 13.5 Å². The highest BCUT2D eigenvalue weighted by atomic mass is 32.1. The lowest BCUT2D eigenvalue weighted by atomic mass is 10.2. The molecule has 0 saturated carbocycles. The van der Waals surface area contributed by atoms with Crippen LogP contribution < -0.4 is 4.74 Å². The number of pyridine rings is 1. The van der Waals surface area contributed by atoms with E-state index in [2.05, 4.69) is 9.97 Å². The monoisotopic (exact) mass is 422 g/mol. The average molecular weight is 423 g/mol. The minimum atomic E-state index is -0.0946. The fourth-order valence-corrected chi connectivity index (χ4v) is 4.13. The van der Waals surface area contributed by atoms with Crippen LogP contribution >= 0.6 is 11.3 Å². The first kappa shape index (κ1) is 20.0. The molecule has 4 rings (SSSR count). The smallest absolute Gasteiger partial charge is 0.273 e. The molecule has 1 aliphatic rings. The molecule has 0 spiro atoms. The third kappa shape index (κ3) is 4.49. The second-order valence-corrected chi connectivity index (χ2v) is 7.80. The number of carbonyl (C=O) groups excluding carboxylic acids is 2. The van der Waals surface area contributed by atoms with Gasteiger partial charge in [0.2, 0.25) is 5.91 Å².